The molecule has 0 bridgehead atoms. The van der Waals surface area contributed by atoms with Crippen molar-refractivity contribution in [1.82, 2.24) is 0 Å². The average Bonchev–Trinajstić information content (AvgIpc) is 2.35. The molecular formula is C13H19NO6S. The molecule has 0 amide bonds. The molecule has 0 radical (unpaired) electrons. The number of anilines is 1. The summed E-state index contributed by atoms with van der Waals surface area (Å²) < 4.78 is 36.2. The lowest BCUT2D eigenvalue weighted by atomic mass is 10.3. The number of sulfonamides is 1. The summed E-state index contributed by atoms with van der Waals surface area (Å²) in [6, 6.07) is 6.08. The van der Waals surface area contributed by atoms with Gasteiger partial charge in [-0.25, -0.2) is 13.2 Å². The molecule has 1 aromatic carbocycles. The highest BCUT2D eigenvalue weighted by Gasteiger charge is 2.11. The molecule has 0 heterocycles. The molecule has 0 atom stereocenters. The lowest BCUT2D eigenvalue weighted by Crippen LogP contribution is -2.21. The fourth-order valence-corrected chi connectivity index (χ4v) is 2.32. The Balaban J connectivity index is 2.60. The minimum absolute atomic E-state index is 0.0343. The van der Waals surface area contributed by atoms with Crippen LogP contribution < -0.4 is 9.46 Å². The maximum atomic E-state index is 11.8. The molecular weight excluding hydrogens is 298 g/mol. The van der Waals surface area contributed by atoms with Crippen molar-refractivity contribution in [3.63, 3.8) is 0 Å². The number of benzene rings is 1. The van der Waals surface area contributed by atoms with E-state index >= 15 is 0 Å². The molecule has 0 aliphatic carbocycles. The largest absolute Gasteiger partial charge is 0.482 e. The van der Waals surface area contributed by atoms with Gasteiger partial charge >= 0.3 is 5.97 Å². The molecule has 0 fully saturated rings. The van der Waals surface area contributed by atoms with Crippen LogP contribution >= 0.6 is 0 Å². The van der Waals surface area contributed by atoms with E-state index in [1.165, 1.54) is 6.07 Å². The van der Waals surface area contributed by atoms with Crippen molar-refractivity contribution < 1.29 is 27.8 Å². The number of carbonyl (C=O) groups is 1. The van der Waals surface area contributed by atoms with Crippen LogP contribution in [-0.2, 0) is 19.6 Å². The van der Waals surface area contributed by atoms with Gasteiger partial charge in [-0.1, -0.05) is 6.07 Å². The van der Waals surface area contributed by atoms with Crippen LogP contribution in [0.25, 0.3) is 0 Å². The molecule has 0 unspecified atom stereocenters. The molecule has 7 nitrogen and oxygen atoms in total. The summed E-state index contributed by atoms with van der Waals surface area (Å²) in [6.07, 6.45) is -0.0343. The van der Waals surface area contributed by atoms with Gasteiger partial charge in [-0.2, -0.15) is 0 Å². The molecule has 2 N–H and O–H groups in total. The highest BCUT2D eigenvalue weighted by molar-refractivity contribution is 7.92. The minimum Gasteiger partial charge on any atom is -0.482 e. The van der Waals surface area contributed by atoms with E-state index in [1.54, 1.807) is 18.2 Å². The maximum absolute atomic E-state index is 11.8. The van der Waals surface area contributed by atoms with Gasteiger partial charge in [0.1, 0.15) is 5.75 Å². The van der Waals surface area contributed by atoms with Crippen molar-refractivity contribution in [3.8, 4) is 5.75 Å². The Morgan fingerprint density at radius 1 is 1.38 bits per heavy atom. The van der Waals surface area contributed by atoms with E-state index in [9.17, 15) is 13.2 Å². The minimum atomic E-state index is -3.53. The Hall–Kier alpha value is -1.80. The van der Waals surface area contributed by atoms with Gasteiger partial charge in [-0.05, 0) is 26.0 Å². The number of hydrogen-bond donors (Lipinski definition) is 2. The number of carboxylic acid groups (broad SMARTS) is 1. The summed E-state index contributed by atoms with van der Waals surface area (Å²) in [7, 11) is -3.53. The summed E-state index contributed by atoms with van der Waals surface area (Å²) in [5.74, 6) is -0.992. The predicted octanol–water partition coefficient (Wildman–Crippen LogP) is 1.32. The first-order valence-electron chi connectivity index (χ1n) is 6.35. The number of ether oxygens (including phenoxy) is 2. The number of aliphatic carboxylic acids is 1. The van der Waals surface area contributed by atoms with Crippen molar-refractivity contribution in [3.05, 3.63) is 24.3 Å². The van der Waals surface area contributed by atoms with Crippen LogP contribution in [0.15, 0.2) is 24.3 Å². The third kappa shape index (κ3) is 7.52. The van der Waals surface area contributed by atoms with Gasteiger partial charge in [-0.3, -0.25) is 4.72 Å². The monoisotopic (exact) mass is 317 g/mol. The first kappa shape index (κ1) is 17.3. The fraction of sp³-hybridized carbons (Fsp3) is 0.462. The van der Waals surface area contributed by atoms with E-state index in [0.717, 1.165) is 0 Å². The molecule has 1 aromatic rings. The first-order chi connectivity index (χ1) is 9.78. The van der Waals surface area contributed by atoms with Gasteiger partial charge < -0.3 is 14.6 Å². The van der Waals surface area contributed by atoms with Gasteiger partial charge in [0.05, 0.1) is 24.2 Å². The van der Waals surface area contributed by atoms with Crippen molar-refractivity contribution in [2.75, 3.05) is 23.7 Å². The average molecular weight is 317 g/mol. The Labute approximate surface area is 123 Å². The first-order valence-corrected chi connectivity index (χ1v) is 8.00. The number of hydrogen-bond acceptors (Lipinski definition) is 5. The summed E-state index contributed by atoms with van der Waals surface area (Å²) in [6.45, 7) is 3.26. The Morgan fingerprint density at radius 2 is 2.10 bits per heavy atom. The van der Waals surface area contributed by atoms with E-state index in [1.807, 2.05) is 13.8 Å². The zero-order chi connectivity index (χ0) is 15.9. The molecule has 118 valence electrons. The van der Waals surface area contributed by atoms with Crippen molar-refractivity contribution in [2.24, 2.45) is 0 Å². The second kappa shape index (κ2) is 7.84. The van der Waals surface area contributed by atoms with Gasteiger partial charge in [0.2, 0.25) is 10.0 Å². The zero-order valence-electron chi connectivity index (χ0n) is 11.9. The van der Waals surface area contributed by atoms with Gasteiger partial charge in [0, 0.05) is 6.07 Å². The van der Waals surface area contributed by atoms with E-state index < -0.39 is 22.6 Å². The van der Waals surface area contributed by atoms with Crippen molar-refractivity contribution in [2.45, 2.75) is 20.0 Å². The molecule has 0 spiro atoms. The zero-order valence-corrected chi connectivity index (χ0v) is 12.7. The van der Waals surface area contributed by atoms with E-state index in [2.05, 4.69) is 4.72 Å². The molecule has 0 aliphatic heterocycles. The standard InChI is InChI=1S/C13H19NO6S/c1-10(2)19-6-7-21(17,18)14-11-4-3-5-12(8-11)20-9-13(15)16/h3-5,8,10,14H,6-7,9H2,1-2H3,(H,15,16). The molecule has 0 aliphatic rings. The van der Waals surface area contributed by atoms with E-state index in [-0.39, 0.29) is 24.2 Å². The van der Waals surface area contributed by atoms with E-state index in [0.29, 0.717) is 5.69 Å². The molecule has 21 heavy (non-hydrogen) atoms. The van der Waals surface area contributed by atoms with Crippen LogP contribution in [-0.4, -0.2) is 44.6 Å². The third-order valence-electron chi connectivity index (χ3n) is 2.27. The van der Waals surface area contributed by atoms with Crippen molar-refractivity contribution in [1.29, 1.82) is 0 Å². The second-order valence-corrected chi connectivity index (χ2v) is 6.39. The summed E-state index contributed by atoms with van der Waals surface area (Å²) in [5.41, 5.74) is 0.308. The molecule has 8 heteroatoms. The quantitative estimate of drug-likeness (QED) is 0.712. The Morgan fingerprint density at radius 3 is 2.71 bits per heavy atom. The predicted molar refractivity (Wildman–Crippen MR) is 78.1 cm³/mol. The lowest BCUT2D eigenvalue weighted by Gasteiger charge is -2.11. The molecule has 0 aromatic heterocycles. The molecule has 0 saturated heterocycles. The van der Waals surface area contributed by atoms with Crippen LogP contribution in [0.2, 0.25) is 0 Å². The van der Waals surface area contributed by atoms with E-state index in [4.69, 9.17) is 14.6 Å². The fourth-order valence-electron chi connectivity index (χ4n) is 1.42. The van der Waals surface area contributed by atoms with Gasteiger partial charge in [0.25, 0.3) is 0 Å². The highest BCUT2D eigenvalue weighted by atomic mass is 32.2. The van der Waals surface area contributed by atoms with Crippen LogP contribution in [0.4, 0.5) is 5.69 Å². The molecule has 0 saturated carbocycles. The van der Waals surface area contributed by atoms with Crippen LogP contribution in [0, 0.1) is 0 Å². The third-order valence-corrected chi connectivity index (χ3v) is 3.52. The van der Waals surface area contributed by atoms with Crippen LogP contribution in [0.5, 0.6) is 5.75 Å². The second-order valence-electron chi connectivity index (χ2n) is 4.55. The normalized spacial score (nSPS) is 11.4. The topological polar surface area (TPSA) is 102 Å². The number of rotatable bonds is 9. The number of carboxylic acids is 1. The summed E-state index contributed by atoms with van der Waals surface area (Å²) >= 11 is 0. The highest BCUT2D eigenvalue weighted by Crippen LogP contribution is 2.18. The SMILES string of the molecule is CC(C)OCCS(=O)(=O)Nc1cccc(OCC(=O)O)c1. The van der Waals surface area contributed by atoms with Crippen molar-refractivity contribution >= 4 is 21.7 Å². The Kier molecular flexibility index (Phi) is 6.44. The Bertz CT molecular complexity index is 570. The lowest BCUT2D eigenvalue weighted by molar-refractivity contribution is -0.139. The summed E-state index contributed by atoms with van der Waals surface area (Å²) in [5, 5.41) is 8.52. The van der Waals surface area contributed by atoms with Crippen LogP contribution in [0.1, 0.15) is 13.8 Å². The number of nitrogens with one attached hydrogen (secondary N) is 1. The maximum Gasteiger partial charge on any atom is 0.341 e. The summed E-state index contributed by atoms with van der Waals surface area (Å²) in [4.78, 5) is 10.4. The van der Waals surface area contributed by atoms with Gasteiger partial charge in [0.15, 0.2) is 6.61 Å². The van der Waals surface area contributed by atoms with Gasteiger partial charge in [-0.15, -0.1) is 0 Å². The smallest absolute Gasteiger partial charge is 0.341 e. The molecule has 1 rings (SSSR count). The van der Waals surface area contributed by atoms with Crippen LogP contribution in [0.3, 0.4) is 0 Å².